The van der Waals surface area contributed by atoms with Gasteiger partial charge in [-0.15, -0.1) is 10.2 Å². The average molecular weight is 744 g/mol. The Morgan fingerprint density at radius 2 is 1.71 bits per heavy atom. The molecule has 55 heavy (non-hydrogen) atoms. The molecule has 9 rings (SSSR count). The maximum Gasteiger partial charge on any atom is 0.243 e. The number of phenolic OH excluding ortho intramolecular Hbond substituents is 1. The Bertz CT molecular complexity index is 2210. The van der Waals surface area contributed by atoms with Crippen LogP contribution in [0.5, 0.6) is 5.75 Å². The van der Waals surface area contributed by atoms with Gasteiger partial charge < -0.3 is 34.4 Å². The van der Waals surface area contributed by atoms with Crippen LogP contribution in [0.3, 0.4) is 0 Å². The van der Waals surface area contributed by atoms with Crippen molar-refractivity contribution in [2.24, 2.45) is 11.3 Å². The van der Waals surface area contributed by atoms with Crippen molar-refractivity contribution in [3.8, 4) is 17.0 Å². The molecule has 2 saturated carbocycles. The van der Waals surface area contributed by atoms with Gasteiger partial charge in [0.05, 0.1) is 23.4 Å². The van der Waals surface area contributed by atoms with Gasteiger partial charge in [-0.1, -0.05) is 61.5 Å². The van der Waals surface area contributed by atoms with E-state index in [2.05, 4.69) is 42.3 Å². The Morgan fingerprint density at radius 3 is 2.42 bits per heavy atom. The SMILES string of the molecule is CC(NC(=O)[C@@H]1C[C@@H](O)CN1C(=O)C(c1cc(N2CC3(CC(c4cc5nnc(-c6ccccc6O)cc5n4C4CCC4)C3)C2)no1)C(C)C)c1ccccc1. The number of aliphatic hydroxyl groups excluding tert-OH is 1. The quantitative estimate of drug-likeness (QED) is 0.146. The zero-order chi connectivity index (χ0) is 38.0. The highest BCUT2D eigenvalue weighted by molar-refractivity contribution is 5.91. The highest BCUT2D eigenvalue weighted by atomic mass is 16.5. The molecule has 4 atom stereocenters. The van der Waals surface area contributed by atoms with E-state index < -0.39 is 18.1 Å². The Balaban J connectivity index is 0.869. The van der Waals surface area contributed by atoms with Gasteiger partial charge in [0, 0.05) is 60.8 Å². The van der Waals surface area contributed by atoms with Crippen molar-refractivity contribution in [1.82, 2.24) is 30.1 Å². The fourth-order valence-electron chi connectivity index (χ4n) is 9.53. The van der Waals surface area contributed by atoms with Crippen LogP contribution < -0.4 is 10.2 Å². The minimum absolute atomic E-state index is 0.0979. The lowest BCUT2D eigenvalue weighted by Gasteiger charge is -2.59. The van der Waals surface area contributed by atoms with Gasteiger partial charge in [0.15, 0.2) is 11.6 Å². The predicted molar refractivity (Wildman–Crippen MR) is 207 cm³/mol. The van der Waals surface area contributed by atoms with Crippen molar-refractivity contribution in [2.45, 2.75) is 95.4 Å². The van der Waals surface area contributed by atoms with Crippen molar-refractivity contribution in [2.75, 3.05) is 24.5 Å². The fraction of sp³-hybridized carbons (Fsp3) is 0.465. The van der Waals surface area contributed by atoms with Gasteiger partial charge in [-0.05, 0) is 74.8 Å². The smallest absolute Gasteiger partial charge is 0.243 e. The zero-order valence-electron chi connectivity index (χ0n) is 31.6. The van der Waals surface area contributed by atoms with Gasteiger partial charge >= 0.3 is 0 Å². The number of β-amino-alcohol motifs (C(OH)–C–C–N with tert-alkyl or cyclic N) is 1. The van der Waals surface area contributed by atoms with Gasteiger partial charge in [0.25, 0.3) is 0 Å². The minimum Gasteiger partial charge on any atom is -0.507 e. The summed E-state index contributed by atoms with van der Waals surface area (Å²) in [4.78, 5) is 31.4. The predicted octanol–water partition coefficient (Wildman–Crippen LogP) is 6.48. The van der Waals surface area contributed by atoms with E-state index in [0.717, 1.165) is 61.2 Å². The maximum absolute atomic E-state index is 14.2. The summed E-state index contributed by atoms with van der Waals surface area (Å²) in [6.45, 7) is 7.70. The van der Waals surface area contributed by atoms with Crippen molar-refractivity contribution < 1.29 is 24.3 Å². The number of nitrogens with zero attached hydrogens (tertiary/aromatic N) is 6. The van der Waals surface area contributed by atoms with Crippen LogP contribution in [0, 0.1) is 11.3 Å². The van der Waals surface area contributed by atoms with Crippen LogP contribution in [0.15, 0.2) is 77.3 Å². The van der Waals surface area contributed by atoms with E-state index in [-0.39, 0.29) is 47.9 Å². The number of likely N-dealkylation sites (tertiary alicyclic amines) is 1. The lowest BCUT2D eigenvalue weighted by molar-refractivity contribution is -0.141. The maximum atomic E-state index is 14.2. The van der Waals surface area contributed by atoms with Gasteiger partial charge in [0.1, 0.15) is 23.2 Å². The Kier molecular flexibility index (Phi) is 8.91. The largest absolute Gasteiger partial charge is 0.507 e. The number of carbonyl (C=O) groups is 2. The third-order valence-electron chi connectivity index (χ3n) is 12.7. The van der Waals surface area contributed by atoms with E-state index in [9.17, 15) is 19.8 Å². The minimum atomic E-state index is -0.780. The average Bonchev–Trinajstić information content (AvgIpc) is 3.84. The number of rotatable bonds is 10. The monoisotopic (exact) mass is 743 g/mol. The van der Waals surface area contributed by atoms with Crippen LogP contribution in [0.1, 0.15) is 100 Å². The molecule has 4 aliphatic rings. The molecule has 3 aromatic heterocycles. The van der Waals surface area contributed by atoms with Gasteiger partial charge in [-0.25, -0.2) is 0 Å². The van der Waals surface area contributed by atoms with E-state index in [1.54, 1.807) is 6.07 Å². The summed E-state index contributed by atoms with van der Waals surface area (Å²) in [5, 5.41) is 37.7. The lowest BCUT2D eigenvalue weighted by atomic mass is 9.57. The molecule has 2 amide bonds. The summed E-state index contributed by atoms with van der Waals surface area (Å²) in [5.74, 6) is 0.577. The molecule has 2 aliphatic heterocycles. The Hall–Kier alpha value is -5.23. The molecule has 286 valence electrons. The molecule has 0 radical (unpaired) electrons. The normalized spacial score (nSPS) is 22.1. The van der Waals surface area contributed by atoms with Crippen molar-refractivity contribution in [3.05, 3.63) is 89.8 Å². The Labute approximate surface area is 320 Å². The molecule has 2 aromatic carbocycles. The first kappa shape index (κ1) is 35.5. The van der Waals surface area contributed by atoms with E-state index in [1.807, 2.05) is 75.4 Å². The van der Waals surface area contributed by atoms with E-state index in [4.69, 9.17) is 4.52 Å². The second-order valence-electron chi connectivity index (χ2n) is 16.8. The number of fused-ring (bicyclic) bond motifs is 1. The molecule has 2 aliphatic carbocycles. The molecule has 5 aromatic rings. The zero-order valence-corrected chi connectivity index (χ0v) is 31.6. The highest BCUT2D eigenvalue weighted by Crippen LogP contribution is 2.58. The molecule has 2 saturated heterocycles. The van der Waals surface area contributed by atoms with E-state index in [0.29, 0.717) is 29.0 Å². The topological polar surface area (TPSA) is 150 Å². The number of hydrogen-bond donors (Lipinski definition) is 3. The second kappa shape index (κ2) is 13.8. The summed E-state index contributed by atoms with van der Waals surface area (Å²) in [5.41, 5.74) is 5.87. The van der Waals surface area contributed by atoms with Crippen molar-refractivity contribution >= 4 is 28.7 Å². The van der Waals surface area contributed by atoms with Crippen LogP contribution >= 0.6 is 0 Å². The summed E-state index contributed by atoms with van der Waals surface area (Å²) in [6, 6.07) is 22.6. The van der Waals surface area contributed by atoms with Crippen molar-refractivity contribution in [3.63, 3.8) is 0 Å². The van der Waals surface area contributed by atoms with Crippen molar-refractivity contribution in [1.29, 1.82) is 0 Å². The molecule has 2 unspecified atom stereocenters. The van der Waals surface area contributed by atoms with E-state index in [1.165, 1.54) is 17.0 Å². The van der Waals surface area contributed by atoms with Gasteiger partial charge in [0.2, 0.25) is 11.8 Å². The number of amides is 2. The third kappa shape index (κ3) is 6.33. The summed E-state index contributed by atoms with van der Waals surface area (Å²) >= 11 is 0. The standard InChI is InChI=1S/C43H49N7O5/c1-25(2)40(42(54)49-22-30(51)16-36(49)41(53)44-26(3)27-10-5-4-6-11-27)38-19-39(47-55-38)48-23-43(24-48)20-28(21-43)34-18-33-35(50(34)29-12-9-13-29)17-32(45-46-33)31-14-7-8-15-37(31)52/h4-8,10-11,14-15,17-19,25-26,28-30,36,40,51-52H,9,12-13,16,20-24H2,1-3H3,(H,44,53)/t26?,30-,36+,40?/m1/s1. The number of benzene rings is 2. The first-order valence-corrected chi connectivity index (χ1v) is 19.8. The number of anilines is 1. The Morgan fingerprint density at radius 1 is 0.964 bits per heavy atom. The number of aromatic nitrogens is 4. The van der Waals surface area contributed by atoms with Crippen LogP contribution in [-0.4, -0.2) is 78.6 Å². The second-order valence-corrected chi connectivity index (χ2v) is 16.8. The summed E-state index contributed by atoms with van der Waals surface area (Å²) in [6.07, 6.45) is 5.11. The number of aliphatic hydroxyl groups is 1. The molecular weight excluding hydrogens is 695 g/mol. The van der Waals surface area contributed by atoms with Crippen LogP contribution in [0.4, 0.5) is 5.82 Å². The van der Waals surface area contributed by atoms with Crippen LogP contribution in [0.25, 0.3) is 22.3 Å². The third-order valence-corrected chi connectivity index (χ3v) is 12.7. The number of phenols is 1. The summed E-state index contributed by atoms with van der Waals surface area (Å²) < 4.78 is 8.40. The fourth-order valence-corrected chi connectivity index (χ4v) is 9.53. The molecule has 12 nitrogen and oxygen atoms in total. The lowest BCUT2D eigenvalue weighted by Crippen LogP contribution is -2.62. The molecule has 4 fully saturated rings. The molecule has 12 heteroatoms. The van der Waals surface area contributed by atoms with Gasteiger partial charge in [-0.3, -0.25) is 9.59 Å². The molecule has 3 N–H and O–H groups in total. The first-order valence-electron chi connectivity index (χ1n) is 19.8. The number of carbonyl (C=O) groups excluding carboxylic acids is 2. The first-order chi connectivity index (χ1) is 26.6. The number of nitrogens with one attached hydrogen (secondary N) is 1. The molecule has 1 spiro atoms. The number of hydrogen-bond acceptors (Lipinski definition) is 9. The van der Waals surface area contributed by atoms with Gasteiger partial charge in [-0.2, -0.15) is 0 Å². The van der Waals surface area contributed by atoms with E-state index >= 15 is 0 Å². The molecule has 0 bridgehead atoms. The molecular formula is C43H49N7O5. The number of aromatic hydroxyl groups is 1. The van der Waals surface area contributed by atoms with Crippen LogP contribution in [0.2, 0.25) is 0 Å². The van der Waals surface area contributed by atoms with Crippen LogP contribution in [-0.2, 0) is 9.59 Å². The molecule has 5 heterocycles. The summed E-state index contributed by atoms with van der Waals surface area (Å²) in [7, 11) is 0. The highest BCUT2D eigenvalue weighted by Gasteiger charge is 2.54. The number of para-hydroxylation sites is 1.